The van der Waals surface area contributed by atoms with Crippen LogP contribution in [-0.4, -0.2) is 24.7 Å². The summed E-state index contributed by atoms with van der Waals surface area (Å²) in [6.07, 6.45) is 5.40. The van der Waals surface area contributed by atoms with Gasteiger partial charge in [0.1, 0.15) is 12.2 Å². The molecule has 0 aliphatic heterocycles. The summed E-state index contributed by atoms with van der Waals surface area (Å²) >= 11 is 0. The number of hydrogen-bond donors (Lipinski definition) is 1. The quantitative estimate of drug-likeness (QED) is 0.765. The number of nitrogens with zero attached hydrogens (tertiary/aromatic N) is 4. The zero-order chi connectivity index (χ0) is 13.8. The first-order valence-corrected chi connectivity index (χ1v) is 6.25. The van der Waals surface area contributed by atoms with Gasteiger partial charge in [-0.25, -0.2) is 19.4 Å². The summed E-state index contributed by atoms with van der Waals surface area (Å²) in [5, 5.41) is 4.29. The van der Waals surface area contributed by atoms with Crippen LogP contribution >= 0.6 is 0 Å². The van der Waals surface area contributed by atoms with E-state index < -0.39 is 0 Å². The Morgan fingerprint density at radius 1 is 1.05 bits per heavy atom. The smallest absolute Gasteiger partial charge is 0.292 e. The molecule has 0 saturated heterocycles. The van der Waals surface area contributed by atoms with Gasteiger partial charge in [0.2, 0.25) is 0 Å². The molecular formula is C14H13N5O. The second-order valence-electron chi connectivity index (χ2n) is 4.44. The summed E-state index contributed by atoms with van der Waals surface area (Å²) in [5.41, 5.74) is 1.73. The van der Waals surface area contributed by atoms with Gasteiger partial charge in [0.25, 0.3) is 0 Å². The van der Waals surface area contributed by atoms with E-state index in [9.17, 15) is 4.79 Å². The summed E-state index contributed by atoms with van der Waals surface area (Å²) in [6.45, 7) is 0.366. The predicted molar refractivity (Wildman–Crippen MR) is 73.2 cm³/mol. The highest BCUT2D eigenvalue weighted by Crippen LogP contribution is 2.04. The van der Waals surface area contributed by atoms with Crippen molar-refractivity contribution < 1.29 is 0 Å². The molecule has 0 spiro atoms. The number of aromatic amines is 1. The van der Waals surface area contributed by atoms with Crippen LogP contribution in [0.15, 0.2) is 53.8 Å². The van der Waals surface area contributed by atoms with Crippen LogP contribution in [0.4, 0.5) is 0 Å². The van der Waals surface area contributed by atoms with Crippen LogP contribution < -0.4 is 5.69 Å². The van der Waals surface area contributed by atoms with Crippen LogP contribution in [0.3, 0.4) is 0 Å². The third-order valence-corrected chi connectivity index (χ3v) is 2.89. The summed E-state index contributed by atoms with van der Waals surface area (Å²) in [7, 11) is 0. The van der Waals surface area contributed by atoms with Crippen LogP contribution in [-0.2, 0) is 13.0 Å². The van der Waals surface area contributed by atoms with E-state index in [4.69, 9.17) is 0 Å². The van der Waals surface area contributed by atoms with E-state index in [-0.39, 0.29) is 5.69 Å². The van der Waals surface area contributed by atoms with Gasteiger partial charge in [-0.05, 0) is 5.56 Å². The summed E-state index contributed by atoms with van der Waals surface area (Å²) in [4.78, 5) is 22.4. The summed E-state index contributed by atoms with van der Waals surface area (Å²) < 4.78 is 1.39. The first-order valence-electron chi connectivity index (χ1n) is 6.25. The minimum absolute atomic E-state index is 0.222. The predicted octanol–water partition coefficient (Wildman–Crippen LogP) is 1.00. The lowest BCUT2D eigenvalue weighted by molar-refractivity contribution is 0.648. The highest BCUT2D eigenvalue weighted by atomic mass is 16.1. The summed E-state index contributed by atoms with van der Waals surface area (Å²) in [6, 6.07) is 9.89. The van der Waals surface area contributed by atoms with Crippen molar-refractivity contribution in [3.8, 4) is 0 Å². The Bertz CT molecular complexity index is 733. The fourth-order valence-electron chi connectivity index (χ4n) is 1.96. The first-order chi connectivity index (χ1) is 9.81. The highest BCUT2D eigenvalue weighted by Gasteiger charge is 2.06. The largest absolute Gasteiger partial charge is 0.343 e. The molecule has 0 radical (unpaired) electrons. The van der Waals surface area contributed by atoms with Crippen molar-refractivity contribution in [2.45, 2.75) is 13.0 Å². The van der Waals surface area contributed by atoms with Gasteiger partial charge in [0.15, 0.2) is 0 Å². The maximum Gasteiger partial charge on any atom is 0.343 e. The molecule has 100 valence electrons. The molecule has 0 atom stereocenters. The lowest BCUT2D eigenvalue weighted by atomic mass is 10.1. The van der Waals surface area contributed by atoms with Crippen LogP contribution in [0.2, 0.25) is 0 Å². The lowest BCUT2D eigenvalue weighted by Gasteiger charge is -1.98. The van der Waals surface area contributed by atoms with Crippen molar-refractivity contribution in [3.05, 3.63) is 76.5 Å². The van der Waals surface area contributed by atoms with Crippen LogP contribution in [0, 0.1) is 0 Å². The topological polar surface area (TPSA) is 76.5 Å². The van der Waals surface area contributed by atoms with E-state index in [1.807, 2.05) is 30.3 Å². The highest BCUT2D eigenvalue weighted by molar-refractivity contribution is 5.18. The summed E-state index contributed by atoms with van der Waals surface area (Å²) in [5.74, 6) is 0.651. The fourth-order valence-corrected chi connectivity index (χ4v) is 1.96. The van der Waals surface area contributed by atoms with Crippen molar-refractivity contribution in [2.75, 3.05) is 0 Å². The van der Waals surface area contributed by atoms with Crippen molar-refractivity contribution in [1.29, 1.82) is 0 Å². The number of nitrogens with one attached hydrogen (secondary N) is 1. The van der Waals surface area contributed by atoms with Crippen molar-refractivity contribution in [1.82, 2.24) is 24.7 Å². The second-order valence-corrected chi connectivity index (χ2v) is 4.44. The van der Waals surface area contributed by atoms with Crippen molar-refractivity contribution in [3.63, 3.8) is 0 Å². The van der Waals surface area contributed by atoms with Gasteiger partial charge in [-0.3, -0.25) is 4.98 Å². The average molecular weight is 267 g/mol. The van der Waals surface area contributed by atoms with Gasteiger partial charge in [-0.1, -0.05) is 30.3 Å². The van der Waals surface area contributed by atoms with E-state index >= 15 is 0 Å². The minimum Gasteiger partial charge on any atom is -0.292 e. The molecule has 6 nitrogen and oxygen atoms in total. The zero-order valence-electron chi connectivity index (χ0n) is 10.7. The molecule has 3 rings (SSSR count). The SMILES string of the molecule is O=c1[nH]c(Cc2ccccc2)nn1Cc1cncnc1. The molecule has 0 amide bonds. The van der Waals surface area contributed by atoms with E-state index in [0.29, 0.717) is 18.8 Å². The normalized spacial score (nSPS) is 10.6. The fraction of sp³-hybridized carbons (Fsp3) is 0.143. The Hall–Kier alpha value is -2.76. The van der Waals surface area contributed by atoms with E-state index in [0.717, 1.165) is 11.1 Å². The molecule has 0 unspecified atom stereocenters. The van der Waals surface area contributed by atoms with Crippen LogP contribution in [0.25, 0.3) is 0 Å². The number of rotatable bonds is 4. The zero-order valence-corrected chi connectivity index (χ0v) is 10.7. The van der Waals surface area contributed by atoms with Crippen molar-refractivity contribution in [2.24, 2.45) is 0 Å². The molecule has 0 saturated carbocycles. The Kier molecular flexibility index (Phi) is 3.36. The van der Waals surface area contributed by atoms with Crippen molar-refractivity contribution >= 4 is 0 Å². The maximum atomic E-state index is 11.8. The molecule has 2 heterocycles. The van der Waals surface area contributed by atoms with Gasteiger partial charge in [-0.2, -0.15) is 5.10 Å². The van der Waals surface area contributed by atoms with E-state index in [1.165, 1.54) is 11.0 Å². The molecule has 1 aromatic carbocycles. The molecule has 1 N–H and O–H groups in total. The Balaban J connectivity index is 1.79. The van der Waals surface area contributed by atoms with Gasteiger partial charge >= 0.3 is 5.69 Å². The minimum atomic E-state index is -0.222. The standard InChI is InChI=1S/C14H13N5O/c20-14-17-13(6-11-4-2-1-3-5-11)18-19(14)9-12-7-15-10-16-8-12/h1-5,7-8,10H,6,9H2,(H,17,18,20). The third-order valence-electron chi connectivity index (χ3n) is 2.89. The Morgan fingerprint density at radius 3 is 2.55 bits per heavy atom. The van der Waals surface area contributed by atoms with Gasteiger partial charge in [-0.15, -0.1) is 0 Å². The molecule has 6 heteroatoms. The molecular weight excluding hydrogens is 254 g/mol. The third kappa shape index (κ3) is 2.80. The van der Waals surface area contributed by atoms with Gasteiger partial charge in [0, 0.05) is 24.4 Å². The van der Waals surface area contributed by atoms with Crippen LogP contribution in [0.1, 0.15) is 17.0 Å². The molecule has 0 fully saturated rings. The molecule has 2 aromatic heterocycles. The molecule has 0 bridgehead atoms. The molecule has 0 aliphatic carbocycles. The second kappa shape index (κ2) is 5.48. The Morgan fingerprint density at radius 2 is 1.80 bits per heavy atom. The van der Waals surface area contributed by atoms with Gasteiger partial charge < -0.3 is 0 Å². The van der Waals surface area contributed by atoms with E-state index in [2.05, 4.69) is 20.1 Å². The monoisotopic (exact) mass is 267 g/mol. The first kappa shape index (κ1) is 12.3. The Labute approximate surface area is 115 Å². The maximum absolute atomic E-state index is 11.8. The average Bonchev–Trinajstić information content (AvgIpc) is 2.81. The molecule has 20 heavy (non-hydrogen) atoms. The van der Waals surface area contributed by atoms with E-state index in [1.54, 1.807) is 12.4 Å². The number of benzene rings is 1. The lowest BCUT2D eigenvalue weighted by Crippen LogP contribution is -2.18. The van der Waals surface area contributed by atoms with Gasteiger partial charge in [0.05, 0.1) is 6.54 Å². The number of H-pyrrole nitrogens is 1. The molecule has 0 aliphatic rings. The molecule has 3 aromatic rings. The number of aromatic nitrogens is 5. The van der Waals surface area contributed by atoms with Crippen LogP contribution in [0.5, 0.6) is 0 Å². The number of hydrogen-bond acceptors (Lipinski definition) is 4.